The van der Waals surface area contributed by atoms with E-state index in [1.165, 1.54) is 28.8 Å². The maximum Gasteiger partial charge on any atom is 0.281 e. The Bertz CT molecular complexity index is 2100. The molecule has 15 heteroatoms. The number of carbonyl (C=O) groups is 2. The van der Waals surface area contributed by atoms with Crippen LogP contribution in [0, 0.1) is 0 Å². The topological polar surface area (TPSA) is 225 Å². The minimum Gasteiger partial charge on any atom is -0.508 e. The molecular weight excluding hydrogens is 576 g/mol. The standard InChI is InChI=1S/C29H26N6O9/c36-9-16-23(39)24(40)25(41)28(44-16)34-15-8-11(38)2-4-13(15)18-20-19(26(42)35(27(20)43)33-29-30-5-6-31-29)17-12-3-1-10(37)7-14(12)32-21(17)22(18)34/h1-4,7-8,16,23-25,28,32,36-41H,5-6,9H2,(H2,30,31,33). The molecule has 3 aromatic carbocycles. The van der Waals surface area contributed by atoms with Gasteiger partial charge in [-0.05, 0) is 24.3 Å². The Labute approximate surface area is 246 Å². The first kappa shape index (κ1) is 26.7. The lowest BCUT2D eigenvalue weighted by molar-refractivity contribution is -0.249. The average molecular weight is 603 g/mol. The SMILES string of the molecule is O=C1c2c(c3c4ccc(O)cc4n(C4OC(CO)C(O)C(O)C4O)c3c3[nH]c4cc(O)ccc4c23)C(=O)N1NC1=NCCN1. The summed E-state index contributed by atoms with van der Waals surface area (Å²) >= 11 is 0. The van der Waals surface area contributed by atoms with Gasteiger partial charge in [0.25, 0.3) is 11.8 Å². The first-order valence-corrected chi connectivity index (χ1v) is 13.9. The highest BCUT2D eigenvalue weighted by Gasteiger charge is 2.47. The number of aromatic amines is 1. The number of nitrogens with one attached hydrogen (secondary N) is 3. The Morgan fingerprint density at radius 1 is 0.932 bits per heavy atom. The van der Waals surface area contributed by atoms with Gasteiger partial charge in [-0.2, -0.15) is 5.01 Å². The molecule has 5 atom stereocenters. The molecule has 1 fully saturated rings. The molecule has 1 saturated heterocycles. The number of hydrogen-bond acceptors (Lipinski definition) is 12. The Morgan fingerprint density at radius 2 is 1.64 bits per heavy atom. The summed E-state index contributed by atoms with van der Waals surface area (Å²) in [5.41, 5.74) is 4.24. The maximum atomic E-state index is 14.2. The summed E-state index contributed by atoms with van der Waals surface area (Å²) in [5, 5.41) is 68.6. The minimum atomic E-state index is -1.72. The van der Waals surface area contributed by atoms with E-state index in [9.17, 15) is 40.2 Å². The largest absolute Gasteiger partial charge is 0.508 e. The number of guanidine groups is 1. The van der Waals surface area contributed by atoms with Gasteiger partial charge in [-0.25, -0.2) is 0 Å². The summed E-state index contributed by atoms with van der Waals surface area (Å²) in [5.74, 6) is -1.27. The van der Waals surface area contributed by atoms with Gasteiger partial charge in [-0.15, -0.1) is 0 Å². The van der Waals surface area contributed by atoms with E-state index in [0.717, 1.165) is 5.01 Å². The number of hydrogen-bond donors (Lipinski definition) is 9. The number of hydrazine groups is 1. The fourth-order valence-corrected chi connectivity index (χ4v) is 6.65. The van der Waals surface area contributed by atoms with Crippen molar-refractivity contribution in [2.75, 3.05) is 19.7 Å². The number of ether oxygens (including phenoxy) is 1. The second-order valence-corrected chi connectivity index (χ2v) is 11.1. The van der Waals surface area contributed by atoms with Gasteiger partial charge < -0.3 is 50.2 Å². The first-order chi connectivity index (χ1) is 21.2. The molecule has 3 aliphatic heterocycles. The highest BCUT2D eigenvalue weighted by Crippen LogP contribution is 2.47. The van der Waals surface area contributed by atoms with Gasteiger partial charge in [0.05, 0.1) is 46.3 Å². The van der Waals surface area contributed by atoms with Crippen molar-refractivity contribution in [3.05, 3.63) is 47.5 Å². The number of benzene rings is 3. The molecule has 3 aliphatic rings. The molecular formula is C29H26N6O9. The summed E-state index contributed by atoms with van der Waals surface area (Å²) < 4.78 is 7.44. The van der Waals surface area contributed by atoms with Gasteiger partial charge in [0.2, 0.25) is 5.96 Å². The molecule has 44 heavy (non-hydrogen) atoms. The molecule has 5 unspecified atom stereocenters. The van der Waals surface area contributed by atoms with Crippen molar-refractivity contribution in [2.45, 2.75) is 30.6 Å². The van der Waals surface area contributed by atoms with E-state index in [4.69, 9.17) is 4.74 Å². The van der Waals surface area contributed by atoms with E-state index in [0.29, 0.717) is 45.7 Å². The van der Waals surface area contributed by atoms with Gasteiger partial charge in [0.15, 0.2) is 6.23 Å². The van der Waals surface area contributed by atoms with Crippen LogP contribution in [0.15, 0.2) is 41.4 Å². The molecule has 5 aromatic rings. The highest BCUT2D eigenvalue weighted by molar-refractivity contribution is 6.39. The first-order valence-electron chi connectivity index (χ1n) is 13.9. The number of amides is 2. The van der Waals surface area contributed by atoms with E-state index in [2.05, 4.69) is 20.7 Å². The highest BCUT2D eigenvalue weighted by atomic mass is 16.6. The number of nitrogens with zero attached hydrogens (tertiary/aromatic N) is 3. The molecule has 0 radical (unpaired) electrons. The Hall–Kier alpha value is -4.93. The normalized spacial score (nSPS) is 25.4. The van der Waals surface area contributed by atoms with E-state index in [-0.39, 0.29) is 39.6 Å². The molecule has 5 heterocycles. The van der Waals surface area contributed by atoms with Crippen molar-refractivity contribution < 1.29 is 45.0 Å². The van der Waals surface area contributed by atoms with Crippen LogP contribution in [-0.2, 0) is 4.74 Å². The number of aliphatic hydroxyl groups excluding tert-OH is 4. The second kappa shape index (κ2) is 9.28. The third-order valence-electron chi connectivity index (χ3n) is 8.60. The molecule has 9 N–H and O–H groups in total. The summed E-state index contributed by atoms with van der Waals surface area (Å²) in [6.07, 6.45) is -7.74. The van der Waals surface area contributed by atoms with Crippen LogP contribution in [-0.4, -0.2) is 107 Å². The molecule has 2 aromatic heterocycles. The van der Waals surface area contributed by atoms with Crippen molar-refractivity contribution in [1.82, 2.24) is 25.3 Å². The second-order valence-electron chi connectivity index (χ2n) is 11.1. The molecule has 0 bridgehead atoms. The molecule has 8 rings (SSSR count). The minimum absolute atomic E-state index is 0.0385. The van der Waals surface area contributed by atoms with Crippen molar-refractivity contribution in [3.8, 4) is 11.5 Å². The third kappa shape index (κ3) is 3.46. The monoisotopic (exact) mass is 602 g/mol. The molecule has 0 saturated carbocycles. The zero-order valence-corrected chi connectivity index (χ0v) is 22.7. The fraction of sp³-hybridized carbons (Fsp3) is 0.276. The van der Waals surface area contributed by atoms with Gasteiger partial charge in [0.1, 0.15) is 35.9 Å². The molecule has 2 amide bonds. The summed E-state index contributed by atoms with van der Waals surface area (Å²) in [6, 6.07) is 8.88. The van der Waals surface area contributed by atoms with Crippen LogP contribution in [0.4, 0.5) is 0 Å². The van der Waals surface area contributed by atoms with Crippen LogP contribution < -0.4 is 10.7 Å². The van der Waals surface area contributed by atoms with Gasteiger partial charge in [-0.3, -0.25) is 20.0 Å². The van der Waals surface area contributed by atoms with E-state index in [1.54, 1.807) is 12.1 Å². The predicted octanol–water partition coefficient (Wildman–Crippen LogP) is -0.128. The van der Waals surface area contributed by atoms with Gasteiger partial charge in [-0.1, -0.05) is 0 Å². The summed E-state index contributed by atoms with van der Waals surface area (Å²) in [6.45, 7) is 0.315. The van der Waals surface area contributed by atoms with Crippen LogP contribution in [0.25, 0.3) is 43.6 Å². The van der Waals surface area contributed by atoms with Crippen LogP contribution in [0.2, 0.25) is 0 Å². The van der Waals surface area contributed by atoms with Crippen molar-refractivity contribution in [1.29, 1.82) is 0 Å². The number of aliphatic imine (C=N–C) groups is 1. The lowest BCUT2D eigenvalue weighted by Gasteiger charge is -2.41. The third-order valence-corrected chi connectivity index (χ3v) is 8.60. The zero-order valence-electron chi connectivity index (χ0n) is 22.7. The summed E-state index contributed by atoms with van der Waals surface area (Å²) in [7, 11) is 0. The molecule has 0 aliphatic carbocycles. The Morgan fingerprint density at radius 3 is 2.34 bits per heavy atom. The number of aromatic nitrogens is 2. The lowest BCUT2D eigenvalue weighted by atomic mass is 9.96. The van der Waals surface area contributed by atoms with Crippen molar-refractivity contribution in [2.24, 2.45) is 4.99 Å². The van der Waals surface area contributed by atoms with Gasteiger partial charge in [0, 0.05) is 40.2 Å². The number of phenols is 2. The number of H-pyrrole nitrogens is 1. The number of imide groups is 1. The van der Waals surface area contributed by atoms with Crippen LogP contribution >= 0.6 is 0 Å². The smallest absolute Gasteiger partial charge is 0.281 e. The molecule has 0 spiro atoms. The maximum absolute atomic E-state index is 14.2. The fourth-order valence-electron chi connectivity index (χ4n) is 6.65. The van der Waals surface area contributed by atoms with Crippen molar-refractivity contribution >= 4 is 61.4 Å². The number of carbonyl (C=O) groups excluding carboxylic acids is 2. The summed E-state index contributed by atoms with van der Waals surface area (Å²) in [4.78, 5) is 35.7. The number of rotatable bonds is 3. The van der Waals surface area contributed by atoms with Crippen LogP contribution in [0.3, 0.4) is 0 Å². The van der Waals surface area contributed by atoms with E-state index < -0.39 is 49.1 Å². The van der Waals surface area contributed by atoms with Crippen LogP contribution in [0.5, 0.6) is 11.5 Å². The molecule has 15 nitrogen and oxygen atoms in total. The zero-order chi connectivity index (χ0) is 30.6. The number of aliphatic hydroxyl groups is 4. The van der Waals surface area contributed by atoms with Gasteiger partial charge >= 0.3 is 0 Å². The van der Waals surface area contributed by atoms with E-state index >= 15 is 0 Å². The number of phenolic OH excluding ortho intramolecular Hbond substituents is 2. The molecule has 226 valence electrons. The predicted molar refractivity (Wildman–Crippen MR) is 155 cm³/mol. The van der Waals surface area contributed by atoms with Crippen LogP contribution in [0.1, 0.15) is 26.9 Å². The Kier molecular flexibility index (Phi) is 5.63. The average Bonchev–Trinajstić information content (AvgIpc) is 3.77. The number of aromatic hydroxyl groups is 2. The number of fused-ring (bicyclic) bond motifs is 10. The van der Waals surface area contributed by atoms with Crippen molar-refractivity contribution in [3.63, 3.8) is 0 Å². The Balaban J connectivity index is 1.52. The quantitative estimate of drug-likeness (QED) is 0.124. The lowest BCUT2D eigenvalue weighted by Crippen LogP contribution is -2.56. The van der Waals surface area contributed by atoms with E-state index in [1.807, 2.05) is 0 Å².